The first-order valence-electron chi connectivity index (χ1n) is 10.5. The summed E-state index contributed by atoms with van der Waals surface area (Å²) in [5, 5.41) is 1.37. The van der Waals surface area contributed by atoms with Gasteiger partial charge in [0.25, 0.3) is 5.17 Å². The van der Waals surface area contributed by atoms with Crippen LogP contribution in [0.5, 0.6) is 5.75 Å². The smallest absolute Gasteiger partial charge is 0.264 e. The maximum atomic E-state index is 12.9. The minimum absolute atomic E-state index is 0.0172. The minimum Gasteiger partial charge on any atom is -0.441 e. The Morgan fingerprint density at radius 1 is 1.18 bits per heavy atom. The average molecular weight is 505 g/mol. The zero-order valence-corrected chi connectivity index (χ0v) is 21.6. The fraction of sp³-hybridized carbons (Fsp3) is 0.320. The molecular weight excluding hydrogens is 479 g/mol. The van der Waals surface area contributed by atoms with E-state index in [-0.39, 0.29) is 11.7 Å². The Morgan fingerprint density at radius 3 is 2.52 bits per heavy atom. The molecule has 0 aliphatic heterocycles. The molecule has 0 N–H and O–H groups in total. The lowest BCUT2D eigenvalue weighted by molar-refractivity contribution is 0.0982. The van der Waals surface area contributed by atoms with Crippen molar-refractivity contribution in [3.63, 3.8) is 0 Å². The van der Waals surface area contributed by atoms with Crippen LogP contribution in [-0.4, -0.2) is 34.9 Å². The summed E-state index contributed by atoms with van der Waals surface area (Å²) >= 11 is 17.5. The molecule has 0 aliphatic rings. The predicted molar refractivity (Wildman–Crippen MR) is 137 cm³/mol. The number of aromatic nitrogens is 1. The van der Waals surface area contributed by atoms with E-state index >= 15 is 0 Å². The summed E-state index contributed by atoms with van der Waals surface area (Å²) in [6.07, 6.45) is 0.763. The fourth-order valence-electron chi connectivity index (χ4n) is 3.27. The second-order valence-corrected chi connectivity index (χ2v) is 9.47. The Hall–Kier alpha value is -2.41. The molecule has 3 aromatic rings. The third kappa shape index (κ3) is 6.14. The molecule has 0 spiro atoms. The number of oxazole rings is 1. The van der Waals surface area contributed by atoms with Gasteiger partial charge in [0.15, 0.2) is 5.78 Å². The van der Waals surface area contributed by atoms with Crippen molar-refractivity contribution < 1.29 is 13.9 Å². The molecule has 174 valence electrons. The molecule has 0 saturated carbocycles. The number of halogens is 2. The first kappa shape index (κ1) is 25.2. The van der Waals surface area contributed by atoms with Crippen LogP contribution in [0.25, 0.3) is 11.5 Å². The Bertz CT molecular complexity index is 1190. The molecule has 1 heterocycles. The van der Waals surface area contributed by atoms with E-state index in [2.05, 4.69) is 4.98 Å². The van der Waals surface area contributed by atoms with E-state index in [0.29, 0.717) is 50.8 Å². The van der Waals surface area contributed by atoms with Crippen molar-refractivity contribution in [1.82, 2.24) is 9.88 Å². The van der Waals surface area contributed by atoms with Gasteiger partial charge >= 0.3 is 0 Å². The Kier molecular flexibility index (Phi) is 8.16. The molecule has 2 aromatic carbocycles. The summed E-state index contributed by atoms with van der Waals surface area (Å²) < 4.78 is 11.7. The number of ketones is 1. The molecule has 0 radical (unpaired) electrons. The van der Waals surface area contributed by atoms with Crippen molar-refractivity contribution >= 4 is 46.4 Å². The van der Waals surface area contributed by atoms with Gasteiger partial charge in [-0.25, -0.2) is 4.98 Å². The zero-order chi connectivity index (χ0) is 24.3. The number of hydrogen-bond donors (Lipinski definition) is 0. The molecule has 8 heteroatoms. The van der Waals surface area contributed by atoms with Crippen molar-refractivity contribution in [2.45, 2.75) is 39.5 Å². The van der Waals surface area contributed by atoms with Crippen LogP contribution in [0.2, 0.25) is 10.0 Å². The quantitative estimate of drug-likeness (QED) is 0.252. The number of thiocarbonyl (C=S) groups is 1. The van der Waals surface area contributed by atoms with Gasteiger partial charge in [0.1, 0.15) is 11.5 Å². The molecule has 0 saturated heterocycles. The van der Waals surface area contributed by atoms with E-state index in [1.807, 2.05) is 40.9 Å². The van der Waals surface area contributed by atoms with Gasteiger partial charge in [-0.2, -0.15) is 0 Å². The van der Waals surface area contributed by atoms with E-state index in [1.165, 1.54) is 0 Å². The van der Waals surface area contributed by atoms with E-state index in [4.69, 9.17) is 44.6 Å². The summed E-state index contributed by atoms with van der Waals surface area (Å²) in [7, 11) is 3.63. The standard InChI is InChI=1S/C25H26Cl2N2O3S/c1-14(2)23-20(28-24(32-23)18-8-7-17(26)13-19(18)27)9-10-21(30)16-6-11-22(15(3)12-16)31-25(33)29(4)5/h6-8,11-14H,9-10H2,1-5H3. The molecule has 0 atom stereocenters. The molecule has 3 rings (SSSR count). The number of ether oxygens (including phenoxy) is 1. The minimum atomic E-state index is 0.0172. The number of aryl methyl sites for hydroxylation is 2. The number of Topliss-reactive ketones (excluding diaryl/α,β-unsaturated/α-hetero) is 1. The van der Waals surface area contributed by atoms with Gasteiger partial charge in [-0.3, -0.25) is 4.79 Å². The van der Waals surface area contributed by atoms with Crippen LogP contribution >= 0.6 is 35.4 Å². The molecular formula is C25H26Cl2N2O3S. The van der Waals surface area contributed by atoms with Crippen molar-refractivity contribution in [3.05, 3.63) is 69.0 Å². The topological polar surface area (TPSA) is 55.6 Å². The summed E-state index contributed by atoms with van der Waals surface area (Å²) in [6.45, 7) is 5.94. The number of carbonyl (C=O) groups is 1. The zero-order valence-electron chi connectivity index (χ0n) is 19.2. The Morgan fingerprint density at radius 2 is 1.91 bits per heavy atom. The lowest BCUT2D eigenvalue weighted by Crippen LogP contribution is -2.25. The molecule has 5 nitrogen and oxygen atoms in total. The van der Waals surface area contributed by atoms with Crippen LogP contribution in [-0.2, 0) is 6.42 Å². The molecule has 0 fully saturated rings. The number of rotatable bonds is 7. The summed E-state index contributed by atoms with van der Waals surface area (Å²) in [4.78, 5) is 19.3. The Balaban J connectivity index is 1.76. The van der Waals surface area contributed by atoms with Crippen LogP contribution in [0.1, 0.15) is 53.6 Å². The second kappa shape index (κ2) is 10.7. The second-order valence-electron chi connectivity index (χ2n) is 8.27. The maximum Gasteiger partial charge on any atom is 0.264 e. The number of nitrogens with zero attached hydrogens (tertiary/aromatic N) is 2. The Labute approximate surface area is 209 Å². The number of benzene rings is 2. The van der Waals surface area contributed by atoms with Gasteiger partial charge in [-0.15, -0.1) is 0 Å². The summed E-state index contributed by atoms with van der Waals surface area (Å²) in [5.41, 5.74) is 2.88. The van der Waals surface area contributed by atoms with Crippen molar-refractivity contribution in [3.8, 4) is 17.2 Å². The highest BCUT2D eigenvalue weighted by Crippen LogP contribution is 2.33. The molecule has 1 aromatic heterocycles. The predicted octanol–water partition coefficient (Wildman–Crippen LogP) is 7.12. The van der Waals surface area contributed by atoms with Crippen molar-refractivity contribution in [2.24, 2.45) is 0 Å². The number of hydrogen-bond acceptors (Lipinski definition) is 5. The highest BCUT2D eigenvalue weighted by Gasteiger charge is 2.20. The SMILES string of the molecule is Cc1cc(C(=O)CCc2nc(-c3ccc(Cl)cc3Cl)oc2C(C)C)ccc1OC(=S)N(C)C. The molecule has 33 heavy (non-hydrogen) atoms. The molecule has 0 aliphatic carbocycles. The normalized spacial score (nSPS) is 11.0. The van der Waals surface area contributed by atoms with E-state index in [9.17, 15) is 4.79 Å². The lowest BCUT2D eigenvalue weighted by atomic mass is 10.0. The monoisotopic (exact) mass is 504 g/mol. The van der Waals surface area contributed by atoms with Gasteiger partial charge in [-0.1, -0.05) is 37.0 Å². The van der Waals surface area contributed by atoms with Gasteiger partial charge in [0, 0.05) is 43.4 Å². The third-order valence-corrected chi connectivity index (χ3v) is 6.06. The van der Waals surface area contributed by atoms with E-state index in [1.54, 1.807) is 35.2 Å². The lowest BCUT2D eigenvalue weighted by Gasteiger charge is -2.15. The molecule has 0 unspecified atom stereocenters. The summed E-state index contributed by atoms with van der Waals surface area (Å²) in [6, 6.07) is 10.5. The van der Waals surface area contributed by atoms with E-state index < -0.39 is 0 Å². The largest absolute Gasteiger partial charge is 0.441 e. The third-order valence-electron chi connectivity index (χ3n) is 5.06. The van der Waals surface area contributed by atoms with E-state index in [0.717, 1.165) is 17.0 Å². The molecule has 0 bridgehead atoms. The highest BCUT2D eigenvalue weighted by molar-refractivity contribution is 7.80. The first-order valence-corrected chi connectivity index (χ1v) is 11.7. The number of carbonyl (C=O) groups excluding carboxylic acids is 1. The van der Waals surface area contributed by atoms with Gasteiger partial charge < -0.3 is 14.1 Å². The molecule has 0 amide bonds. The fourth-order valence-corrected chi connectivity index (χ4v) is 3.85. The van der Waals surface area contributed by atoms with Crippen molar-refractivity contribution in [1.29, 1.82) is 0 Å². The summed E-state index contributed by atoms with van der Waals surface area (Å²) in [5.74, 6) is 1.94. The van der Waals surface area contributed by atoms with Crippen molar-refractivity contribution in [2.75, 3.05) is 14.1 Å². The van der Waals surface area contributed by atoms with Crippen LogP contribution in [0, 0.1) is 6.92 Å². The van der Waals surface area contributed by atoms with Crippen LogP contribution in [0.3, 0.4) is 0 Å². The van der Waals surface area contributed by atoms with Gasteiger partial charge in [0.05, 0.1) is 16.3 Å². The van der Waals surface area contributed by atoms with Crippen LogP contribution < -0.4 is 4.74 Å². The van der Waals surface area contributed by atoms with Gasteiger partial charge in [-0.05, 0) is 61.1 Å². The first-order chi connectivity index (χ1) is 15.6. The van der Waals surface area contributed by atoms with Crippen LogP contribution in [0.4, 0.5) is 0 Å². The van der Waals surface area contributed by atoms with Gasteiger partial charge in [0.2, 0.25) is 5.89 Å². The van der Waals surface area contributed by atoms with Crippen LogP contribution in [0.15, 0.2) is 40.8 Å². The average Bonchev–Trinajstić information content (AvgIpc) is 3.17. The highest BCUT2D eigenvalue weighted by atomic mass is 35.5. The maximum absolute atomic E-state index is 12.9.